The minimum atomic E-state index is -0.838. The number of nitrogens with one attached hydrogen (secondary N) is 2. The Balaban J connectivity index is 1.90. The molecule has 0 heterocycles. The van der Waals surface area contributed by atoms with Crippen LogP contribution in [0.4, 0.5) is 4.79 Å². The van der Waals surface area contributed by atoms with Gasteiger partial charge in [-0.2, -0.15) is 0 Å². The molecule has 3 atom stereocenters. The van der Waals surface area contributed by atoms with Crippen LogP contribution in [0.2, 0.25) is 0 Å². The highest BCUT2D eigenvalue weighted by molar-refractivity contribution is 5.75. The second-order valence-corrected chi connectivity index (χ2v) is 6.45. The molecule has 2 rings (SSSR count). The van der Waals surface area contributed by atoms with Crippen molar-refractivity contribution in [1.82, 2.24) is 10.6 Å². The van der Waals surface area contributed by atoms with Crippen molar-refractivity contribution in [1.29, 1.82) is 0 Å². The van der Waals surface area contributed by atoms with Crippen molar-refractivity contribution in [3.8, 4) is 0 Å². The van der Waals surface area contributed by atoms with Crippen LogP contribution in [0.25, 0.3) is 0 Å². The molecule has 0 aromatic heterocycles. The summed E-state index contributed by atoms with van der Waals surface area (Å²) in [5.74, 6) is -0.331. The fraction of sp³-hybridized carbons (Fsp3) is 0.556. The monoisotopic (exact) mass is 318 g/mol. The van der Waals surface area contributed by atoms with Crippen molar-refractivity contribution in [2.45, 2.75) is 57.5 Å². The van der Waals surface area contributed by atoms with Crippen LogP contribution in [0.5, 0.6) is 0 Å². The first-order chi connectivity index (χ1) is 11.0. The third-order valence-electron chi connectivity index (χ3n) is 4.54. The van der Waals surface area contributed by atoms with E-state index in [4.69, 9.17) is 5.11 Å². The van der Waals surface area contributed by atoms with Crippen molar-refractivity contribution in [2.24, 2.45) is 5.92 Å². The first-order valence-corrected chi connectivity index (χ1v) is 8.37. The number of carboxylic acids is 1. The molecule has 0 radical (unpaired) electrons. The van der Waals surface area contributed by atoms with Crippen LogP contribution < -0.4 is 10.6 Å². The third kappa shape index (κ3) is 5.93. The lowest BCUT2D eigenvalue weighted by molar-refractivity contribution is -0.137. The van der Waals surface area contributed by atoms with Crippen LogP contribution in [0.3, 0.4) is 0 Å². The largest absolute Gasteiger partial charge is 0.481 e. The average Bonchev–Trinajstić information content (AvgIpc) is 2.91. The standard InChI is InChI=1S/C18H26N2O3/c1-13-6-5-9-16(13)20-18(23)19-15(10-11-17(21)22)12-14-7-3-2-4-8-14/h2-4,7-8,13,15-16H,5-6,9-12H2,1H3,(H,21,22)(H2,19,20,23). The Bertz CT molecular complexity index is 518. The van der Waals surface area contributed by atoms with E-state index in [0.29, 0.717) is 18.8 Å². The summed E-state index contributed by atoms with van der Waals surface area (Å²) in [4.78, 5) is 23.1. The maximum absolute atomic E-state index is 12.2. The van der Waals surface area contributed by atoms with E-state index in [0.717, 1.165) is 24.8 Å². The highest BCUT2D eigenvalue weighted by atomic mass is 16.4. The number of hydrogen-bond acceptors (Lipinski definition) is 2. The van der Waals surface area contributed by atoms with Gasteiger partial charge in [-0.25, -0.2) is 4.79 Å². The highest BCUT2D eigenvalue weighted by Gasteiger charge is 2.25. The number of carbonyl (C=O) groups excluding carboxylic acids is 1. The maximum atomic E-state index is 12.2. The number of rotatable bonds is 7. The van der Waals surface area contributed by atoms with E-state index >= 15 is 0 Å². The fourth-order valence-electron chi connectivity index (χ4n) is 3.18. The Hall–Kier alpha value is -2.04. The van der Waals surface area contributed by atoms with Crippen LogP contribution in [-0.2, 0) is 11.2 Å². The zero-order valence-electron chi connectivity index (χ0n) is 13.6. The molecule has 1 aromatic carbocycles. The highest BCUT2D eigenvalue weighted by Crippen LogP contribution is 2.24. The molecule has 23 heavy (non-hydrogen) atoms. The molecule has 1 fully saturated rings. The van der Waals surface area contributed by atoms with Gasteiger partial charge in [0.05, 0.1) is 0 Å². The Kier molecular flexibility index (Phi) is 6.44. The summed E-state index contributed by atoms with van der Waals surface area (Å²) in [6.07, 6.45) is 4.44. The van der Waals surface area contributed by atoms with Gasteiger partial charge in [0.25, 0.3) is 0 Å². The number of carboxylic acid groups (broad SMARTS) is 1. The van der Waals surface area contributed by atoms with Gasteiger partial charge in [0.15, 0.2) is 0 Å². The van der Waals surface area contributed by atoms with E-state index in [9.17, 15) is 9.59 Å². The number of urea groups is 1. The molecule has 1 aliphatic rings. The van der Waals surface area contributed by atoms with Crippen LogP contribution in [0.1, 0.15) is 44.6 Å². The fourth-order valence-corrected chi connectivity index (χ4v) is 3.18. The molecule has 5 heteroatoms. The van der Waals surface area contributed by atoms with Gasteiger partial charge in [-0.3, -0.25) is 4.79 Å². The smallest absolute Gasteiger partial charge is 0.315 e. The molecule has 0 saturated heterocycles. The lowest BCUT2D eigenvalue weighted by Gasteiger charge is -2.22. The summed E-state index contributed by atoms with van der Waals surface area (Å²) in [7, 11) is 0. The Morgan fingerprint density at radius 1 is 1.26 bits per heavy atom. The predicted molar refractivity (Wildman–Crippen MR) is 89.3 cm³/mol. The van der Waals surface area contributed by atoms with E-state index in [1.54, 1.807) is 0 Å². The maximum Gasteiger partial charge on any atom is 0.315 e. The Labute approximate surface area is 137 Å². The Morgan fingerprint density at radius 2 is 2.00 bits per heavy atom. The molecule has 126 valence electrons. The number of aliphatic carboxylic acids is 1. The van der Waals surface area contributed by atoms with Crippen LogP contribution in [0, 0.1) is 5.92 Å². The SMILES string of the molecule is CC1CCCC1NC(=O)NC(CCC(=O)O)Cc1ccccc1. The van der Waals surface area contributed by atoms with Crippen molar-refractivity contribution < 1.29 is 14.7 Å². The van der Waals surface area contributed by atoms with E-state index in [1.165, 1.54) is 0 Å². The summed E-state index contributed by atoms with van der Waals surface area (Å²) in [6.45, 7) is 2.16. The number of carbonyl (C=O) groups is 2. The van der Waals surface area contributed by atoms with E-state index in [2.05, 4.69) is 17.6 Å². The van der Waals surface area contributed by atoms with Gasteiger partial charge in [-0.15, -0.1) is 0 Å². The minimum Gasteiger partial charge on any atom is -0.481 e. The molecule has 1 aromatic rings. The lowest BCUT2D eigenvalue weighted by Crippen LogP contribution is -2.47. The molecular formula is C18H26N2O3. The lowest BCUT2D eigenvalue weighted by atomic mass is 10.0. The second kappa shape index (κ2) is 8.56. The zero-order chi connectivity index (χ0) is 16.7. The number of benzene rings is 1. The van der Waals surface area contributed by atoms with Crippen LogP contribution in [0.15, 0.2) is 30.3 Å². The minimum absolute atomic E-state index is 0.0532. The second-order valence-electron chi connectivity index (χ2n) is 6.45. The summed E-state index contributed by atoms with van der Waals surface area (Å²) in [5.41, 5.74) is 1.09. The van der Waals surface area contributed by atoms with Gasteiger partial charge >= 0.3 is 12.0 Å². The number of amides is 2. The van der Waals surface area contributed by atoms with Crippen LogP contribution in [-0.4, -0.2) is 29.2 Å². The topological polar surface area (TPSA) is 78.4 Å². The average molecular weight is 318 g/mol. The quantitative estimate of drug-likeness (QED) is 0.723. The van der Waals surface area contributed by atoms with Gasteiger partial charge in [0.2, 0.25) is 0 Å². The van der Waals surface area contributed by atoms with Gasteiger partial charge in [0.1, 0.15) is 0 Å². The molecule has 0 bridgehead atoms. The molecule has 0 spiro atoms. The van der Waals surface area contributed by atoms with E-state index in [1.807, 2.05) is 30.3 Å². The third-order valence-corrected chi connectivity index (χ3v) is 4.54. The number of hydrogen-bond donors (Lipinski definition) is 3. The van der Waals surface area contributed by atoms with Gasteiger partial charge in [-0.05, 0) is 37.2 Å². The molecule has 0 aliphatic heterocycles. The van der Waals surface area contributed by atoms with Crippen LogP contribution >= 0.6 is 0 Å². The molecule has 2 amide bonds. The molecule has 1 saturated carbocycles. The molecular weight excluding hydrogens is 292 g/mol. The van der Waals surface area contributed by atoms with E-state index < -0.39 is 5.97 Å². The summed E-state index contributed by atoms with van der Waals surface area (Å²) >= 11 is 0. The van der Waals surface area contributed by atoms with E-state index in [-0.39, 0.29) is 24.5 Å². The van der Waals surface area contributed by atoms with Crippen molar-refractivity contribution in [2.75, 3.05) is 0 Å². The van der Waals surface area contributed by atoms with Gasteiger partial charge in [-0.1, -0.05) is 43.7 Å². The van der Waals surface area contributed by atoms with Crippen molar-refractivity contribution in [3.05, 3.63) is 35.9 Å². The summed E-state index contributed by atoms with van der Waals surface area (Å²) in [5, 5.41) is 14.9. The summed E-state index contributed by atoms with van der Waals surface area (Å²) < 4.78 is 0. The van der Waals surface area contributed by atoms with Gasteiger partial charge < -0.3 is 15.7 Å². The molecule has 3 unspecified atom stereocenters. The normalized spacial score (nSPS) is 21.6. The van der Waals surface area contributed by atoms with Gasteiger partial charge in [0, 0.05) is 18.5 Å². The first-order valence-electron chi connectivity index (χ1n) is 8.37. The molecule has 5 nitrogen and oxygen atoms in total. The van der Waals surface area contributed by atoms with Crippen molar-refractivity contribution in [3.63, 3.8) is 0 Å². The molecule has 1 aliphatic carbocycles. The summed E-state index contributed by atoms with van der Waals surface area (Å²) in [6, 6.07) is 9.69. The van der Waals surface area contributed by atoms with Crippen molar-refractivity contribution >= 4 is 12.0 Å². The Morgan fingerprint density at radius 3 is 2.61 bits per heavy atom. The zero-order valence-corrected chi connectivity index (χ0v) is 13.6. The first kappa shape index (κ1) is 17.3. The molecule has 3 N–H and O–H groups in total. The predicted octanol–water partition coefficient (Wildman–Crippen LogP) is 2.95.